The average Bonchev–Trinajstić information content (AvgIpc) is 2.88. The van der Waals surface area contributed by atoms with Gasteiger partial charge in [0.1, 0.15) is 5.71 Å². The van der Waals surface area contributed by atoms with Gasteiger partial charge in [0.15, 0.2) is 0 Å². The van der Waals surface area contributed by atoms with Crippen molar-refractivity contribution in [3.8, 4) is 0 Å². The first kappa shape index (κ1) is 15.5. The van der Waals surface area contributed by atoms with Gasteiger partial charge in [0.2, 0.25) is 0 Å². The summed E-state index contributed by atoms with van der Waals surface area (Å²) in [6, 6.07) is 15.7. The third-order valence-corrected chi connectivity index (χ3v) is 4.34. The van der Waals surface area contributed by atoms with Gasteiger partial charge in [0.25, 0.3) is 5.91 Å². The maximum Gasteiger partial charge on any atom is 0.277 e. The third-order valence-electron chi connectivity index (χ3n) is 4.34. The summed E-state index contributed by atoms with van der Waals surface area (Å²) in [5.41, 5.74) is 3.16. The Labute approximate surface area is 146 Å². The molecule has 1 amide bonds. The van der Waals surface area contributed by atoms with Gasteiger partial charge in [0, 0.05) is 35.3 Å². The average molecular weight is 329 g/mol. The number of carbonyl (C=O) groups is 1. The zero-order valence-electron chi connectivity index (χ0n) is 14.3. The Morgan fingerprint density at radius 3 is 2.76 bits per heavy atom. The molecule has 124 valence electrons. The molecule has 25 heavy (non-hydrogen) atoms. The SMILES string of the molecule is CC(C)CN1C(=O)C(=Nc2cccc3cnccc23)c2ccccc21. The number of pyridine rings is 1. The molecule has 0 spiro atoms. The maximum absolute atomic E-state index is 13.0. The van der Waals surface area contributed by atoms with E-state index in [1.807, 2.05) is 59.6 Å². The minimum Gasteiger partial charge on any atom is -0.306 e. The van der Waals surface area contributed by atoms with E-state index in [0.29, 0.717) is 18.2 Å². The first-order valence-corrected chi connectivity index (χ1v) is 8.48. The zero-order valence-corrected chi connectivity index (χ0v) is 14.3. The highest BCUT2D eigenvalue weighted by atomic mass is 16.2. The number of benzene rings is 2. The van der Waals surface area contributed by atoms with Crippen molar-refractivity contribution in [1.82, 2.24) is 4.98 Å². The van der Waals surface area contributed by atoms with Crippen molar-refractivity contribution in [3.05, 3.63) is 66.5 Å². The lowest BCUT2D eigenvalue weighted by atomic mass is 10.1. The van der Waals surface area contributed by atoms with Crippen LogP contribution in [0.25, 0.3) is 10.8 Å². The molecule has 0 saturated carbocycles. The van der Waals surface area contributed by atoms with Crippen molar-refractivity contribution < 1.29 is 4.79 Å². The van der Waals surface area contributed by atoms with Crippen LogP contribution in [0.5, 0.6) is 0 Å². The van der Waals surface area contributed by atoms with E-state index in [1.54, 1.807) is 6.20 Å². The summed E-state index contributed by atoms with van der Waals surface area (Å²) >= 11 is 0. The van der Waals surface area contributed by atoms with E-state index in [2.05, 4.69) is 18.8 Å². The first-order valence-electron chi connectivity index (χ1n) is 8.48. The molecule has 4 nitrogen and oxygen atoms in total. The number of aliphatic imine (C=N–C) groups is 1. The number of anilines is 1. The molecular formula is C21H19N3O. The van der Waals surface area contributed by atoms with Crippen LogP contribution >= 0.6 is 0 Å². The summed E-state index contributed by atoms with van der Waals surface area (Å²) < 4.78 is 0. The highest BCUT2D eigenvalue weighted by Gasteiger charge is 2.33. The van der Waals surface area contributed by atoms with E-state index in [1.165, 1.54) is 0 Å². The predicted molar refractivity (Wildman–Crippen MR) is 102 cm³/mol. The van der Waals surface area contributed by atoms with Crippen molar-refractivity contribution in [2.75, 3.05) is 11.4 Å². The second-order valence-corrected chi connectivity index (χ2v) is 6.66. The lowest BCUT2D eigenvalue weighted by Gasteiger charge is -2.18. The number of hydrogen-bond acceptors (Lipinski definition) is 3. The Balaban J connectivity index is 1.87. The smallest absolute Gasteiger partial charge is 0.277 e. The lowest BCUT2D eigenvalue weighted by molar-refractivity contribution is -0.112. The molecule has 1 aromatic heterocycles. The Morgan fingerprint density at radius 1 is 1.08 bits per heavy atom. The molecular weight excluding hydrogens is 310 g/mol. The summed E-state index contributed by atoms with van der Waals surface area (Å²) in [6.45, 7) is 4.92. The van der Waals surface area contributed by atoms with Crippen LogP contribution in [0.1, 0.15) is 19.4 Å². The Morgan fingerprint density at radius 2 is 1.92 bits per heavy atom. The summed E-state index contributed by atoms with van der Waals surface area (Å²) in [5, 5.41) is 2.01. The van der Waals surface area contributed by atoms with Crippen molar-refractivity contribution in [3.63, 3.8) is 0 Å². The lowest BCUT2D eigenvalue weighted by Crippen LogP contribution is -2.33. The molecule has 1 aliphatic rings. The molecule has 0 radical (unpaired) electrons. The number of para-hydroxylation sites is 1. The van der Waals surface area contributed by atoms with Crippen LogP contribution in [0.3, 0.4) is 0 Å². The standard InChI is InChI=1S/C21H19N3O/c1-14(2)13-24-19-9-4-3-7-17(19)20(21(24)25)23-18-8-5-6-15-12-22-11-10-16(15)18/h3-12,14H,13H2,1-2H3. The molecule has 0 aliphatic carbocycles. The van der Waals surface area contributed by atoms with Gasteiger partial charge in [0.05, 0.1) is 11.4 Å². The number of amides is 1. The molecule has 4 rings (SSSR count). The molecule has 0 atom stereocenters. The quantitative estimate of drug-likeness (QED) is 0.717. The van der Waals surface area contributed by atoms with Crippen LogP contribution in [0.4, 0.5) is 11.4 Å². The predicted octanol–water partition coefficient (Wildman–Crippen LogP) is 4.36. The highest BCUT2D eigenvalue weighted by molar-refractivity contribution is 6.54. The van der Waals surface area contributed by atoms with Crippen LogP contribution in [0.15, 0.2) is 65.9 Å². The second-order valence-electron chi connectivity index (χ2n) is 6.66. The largest absolute Gasteiger partial charge is 0.306 e. The minimum atomic E-state index is -0.0269. The minimum absolute atomic E-state index is 0.0269. The van der Waals surface area contributed by atoms with E-state index < -0.39 is 0 Å². The monoisotopic (exact) mass is 329 g/mol. The van der Waals surface area contributed by atoms with Crippen LogP contribution < -0.4 is 4.90 Å². The van der Waals surface area contributed by atoms with Crippen LogP contribution in [0, 0.1) is 5.92 Å². The topological polar surface area (TPSA) is 45.6 Å². The summed E-state index contributed by atoms with van der Waals surface area (Å²) in [5.74, 6) is 0.362. The van der Waals surface area contributed by atoms with Gasteiger partial charge in [-0.3, -0.25) is 9.78 Å². The molecule has 0 saturated heterocycles. The zero-order chi connectivity index (χ0) is 17.4. The third kappa shape index (κ3) is 2.70. The fraction of sp³-hybridized carbons (Fsp3) is 0.190. The van der Waals surface area contributed by atoms with Crippen molar-refractivity contribution in [2.45, 2.75) is 13.8 Å². The molecule has 0 bridgehead atoms. The van der Waals surface area contributed by atoms with Gasteiger partial charge in [-0.15, -0.1) is 0 Å². The van der Waals surface area contributed by atoms with Crippen molar-refractivity contribution in [2.24, 2.45) is 10.9 Å². The van der Waals surface area contributed by atoms with E-state index in [4.69, 9.17) is 4.99 Å². The number of hydrogen-bond donors (Lipinski definition) is 0. The molecule has 3 aromatic rings. The summed E-state index contributed by atoms with van der Waals surface area (Å²) in [4.78, 5) is 23.8. The van der Waals surface area contributed by atoms with Crippen LogP contribution in [-0.2, 0) is 4.79 Å². The van der Waals surface area contributed by atoms with Crippen molar-refractivity contribution in [1.29, 1.82) is 0 Å². The maximum atomic E-state index is 13.0. The number of nitrogens with zero attached hydrogens (tertiary/aromatic N) is 3. The molecule has 2 aromatic carbocycles. The van der Waals surface area contributed by atoms with E-state index >= 15 is 0 Å². The number of fused-ring (bicyclic) bond motifs is 2. The number of aromatic nitrogens is 1. The Hall–Kier alpha value is -3.01. The number of carbonyl (C=O) groups excluding carboxylic acids is 1. The normalized spacial score (nSPS) is 15.4. The molecule has 0 fully saturated rings. The van der Waals surface area contributed by atoms with E-state index in [9.17, 15) is 4.79 Å². The van der Waals surface area contributed by atoms with Crippen LogP contribution in [-0.4, -0.2) is 23.1 Å². The fourth-order valence-corrected chi connectivity index (χ4v) is 3.24. The van der Waals surface area contributed by atoms with E-state index in [-0.39, 0.29) is 5.91 Å². The molecule has 1 aliphatic heterocycles. The summed E-state index contributed by atoms with van der Waals surface area (Å²) in [7, 11) is 0. The molecule has 0 N–H and O–H groups in total. The molecule has 4 heteroatoms. The van der Waals surface area contributed by atoms with Gasteiger partial charge in [-0.05, 0) is 24.1 Å². The Bertz CT molecular complexity index is 986. The molecule has 0 unspecified atom stereocenters. The fourth-order valence-electron chi connectivity index (χ4n) is 3.24. The Kier molecular flexibility index (Phi) is 3.80. The van der Waals surface area contributed by atoms with E-state index in [0.717, 1.165) is 27.7 Å². The van der Waals surface area contributed by atoms with Gasteiger partial charge in [-0.25, -0.2) is 4.99 Å². The van der Waals surface area contributed by atoms with Gasteiger partial charge < -0.3 is 4.90 Å². The van der Waals surface area contributed by atoms with Gasteiger partial charge in [-0.2, -0.15) is 0 Å². The number of rotatable bonds is 3. The first-order chi connectivity index (χ1) is 12.1. The van der Waals surface area contributed by atoms with Crippen LogP contribution in [0.2, 0.25) is 0 Å². The van der Waals surface area contributed by atoms with Gasteiger partial charge >= 0.3 is 0 Å². The second kappa shape index (κ2) is 6.13. The van der Waals surface area contributed by atoms with Gasteiger partial charge in [-0.1, -0.05) is 44.2 Å². The summed E-state index contributed by atoms with van der Waals surface area (Å²) in [6.07, 6.45) is 3.57. The highest BCUT2D eigenvalue weighted by Crippen LogP contribution is 2.33. The molecule has 2 heterocycles. The van der Waals surface area contributed by atoms with Crippen molar-refractivity contribution >= 4 is 33.8 Å².